The third kappa shape index (κ3) is 3.11. The van der Waals surface area contributed by atoms with Gasteiger partial charge in [-0.3, -0.25) is 14.4 Å². The van der Waals surface area contributed by atoms with Gasteiger partial charge < -0.3 is 10.1 Å². The van der Waals surface area contributed by atoms with Crippen LogP contribution in [0.2, 0.25) is 0 Å². The van der Waals surface area contributed by atoms with E-state index in [1.165, 1.54) is 0 Å². The Hall–Kier alpha value is -1.40. The van der Waals surface area contributed by atoms with Crippen molar-refractivity contribution in [3.05, 3.63) is 12.3 Å². The van der Waals surface area contributed by atoms with E-state index in [0.717, 1.165) is 44.7 Å². The Kier molecular flexibility index (Phi) is 4.26. The standard InChI is InChI=1S/C15H24N4O2/c1-11(13-6-4-10-21-13)16-12-5-3-8-19(15(12)20)14-7-9-18(2)17-14/h7,9,11-13,16H,3-6,8,10H2,1-2H3. The lowest BCUT2D eigenvalue weighted by atomic mass is 10.0. The summed E-state index contributed by atoms with van der Waals surface area (Å²) in [6.07, 6.45) is 6.20. The SMILES string of the molecule is CC(NC1CCCN(c2ccn(C)n2)C1=O)C1CCCO1. The van der Waals surface area contributed by atoms with Crippen LogP contribution in [0.5, 0.6) is 0 Å². The fourth-order valence-electron chi connectivity index (χ4n) is 3.23. The topological polar surface area (TPSA) is 59.4 Å². The number of aromatic nitrogens is 2. The Morgan fingerprint density at radius 2 is 2.29 bits per heavy atom. The molecule has 1 amide bonds. The number of anilines is 1. The highest BCUT2D eigenvalue weighted by Gasteiger charge is 2.33. The fraction of sp³-hybridized carbons (Fsp3) is 0.733. The van der Waals surface area contributed by atoms with E-state index in [-0.39, 0.29) is 24.1 Å². The van der Waals surface area contributed by atoms with Crippen molar-refractivity contribution in [1.82, 2.24) is 15.1 Å². The number of amides is 1. The highest BCUT2D eigenvalue weighted by molar-refractivity contribution is 5.97. The van der Waals surface area contributed by atoms with Gasteiger partial charge in [0.05, 0.1) is 12.1 Å². The van der Waals surface area contributed by atoms with Crippen LogP contribution in [0.1, 0.15) is 32.6 Å². The molecule has 0 radical (unpaired) electrons. The minimum Gasteiger partial charge on any atom is -0.377 e. The Bertz CT molecular complexity index is 496. The summed E-state index contributed by atoms with van der Waals surface area (Å²) >= 11 is 0. The fourth-order valence-corrected chi connectivity index (χ4v) is 3.23. The molecule has 6 heteroatoms. The molecule has 2 fully saturated rings. The van der Waals surface area contributed by atoms with Crippen LogP contribution < -0.4 is 10.2 Å². The molecule has 0 spiro atoms. The van der Waals surface area contributed by atoms with Crippen LogP contribution in [0.25, 0.3) is 0 Å². The number of carbonyl (C=O) groups is 1. The molecule has 21 heavy (non-hydrogen) atoms. The van der Waals surface area contributed by atoms with Gasteiger partial charge in [0.15, 0.2) is 5.82 Å². The molecule has 3 heterocycles. The van der Waals surface area contributed by atoms with Gasteiger partial charge in [-0.25, -0.2) is 0 Å². The van der Waals surface area contributed by atoms with Crippen molar-refractivity contribution >= 4 is 11.7 Å². The van der Waals surface area contributed by atoms with Gasteiger partial charge in [-0.05, 0) is 32.6 Å². The smallest absolute Gasteiger partial charge is 0.245 e. The van der Waals surface area contributed by atoms with Crippen molar-refractivity contribution in [2.24, 2.45) is 7.05 Å². The van der Waals surface area contributed by atoms with Crippen LogP contribution in [-0.2, 0) is 16.6 Å². The highest BCUT2D eigenvalue weighted by atomic mass is 16.5. The normalized spacial score (nSPS) is 28.1. The molecule has 0 aliphatic carbocycles. The number of hydrogen-bond donors (Lipinski definition) is 1. The van der Waals surface area contributed by atoms with E-state index < -0.39 is 0 Å². The number of hydrogen-bond acceptors (Lipinski definition) is 4. The molecule has 6 nitrogen and oxygen atoms in total. The Balaban J connectivity index is 1.64. The maximum absolute atomic E-state index is 12.7. The van der Waals surface area contributed by atoms with E-state index in [9.17, 15) is 4.79 Å². The maximum Gasteiger partial charge on any atom is 0.245 e. The molecular weight excluding hydrogens is 268 g/mol. The van der Waals surface area contributed by atoms with Crippen molar-refractivity contribution in [2.45, 2.75) is 50.8 Å². The van der Waals surface area contributed by atoms with Crippen LogP contribution in [0.4, 0.5) is 5.82 Å². The average Bonchev–Trinajstić information content (AvgIpc) is 3.12. The van der Waals surface area contributed by atoms with Gasteiger partial charge in [0.25, 0.3) is 0 Å². The third-order valence-corrected chi connectivity index (χ3v) is 4.40. The number of aryl methyl sites for hydroxylation is 1. The van der Waals surface area contributed by atoms with Crippen LogP contribution in [-0.4, -0.2) is 47.0 Å². The van der Waals surface area contributed by atoms with Crippen molar-refractivity contribution < 1.29 is 9.53 Å². The minimum absolute atomic E-state index is 0.125. The van der Waals surface area contributed by atoms with E-state index in [0.29, 0.717) is 0 Å². The van der Waals surface area contributed by atoms with Crippen molar-refractivity contribution in [1.29, 1.82) is 0 Å². The summed E-state index contributed by atoms with van der Waals surface area (Å²) < 4.78 is 7.43. The molecule has 0 bridgehead atoms. The summed E-state index contributed by atoms with van der Waals surface area (Å²) in [5.74, 6) is 0.878. The van der Waals surface area contributed by atoms with Gasteiger partial charge in [-0.1, -0.05) is 0 Å². The molecule has 0 saturated carbocycles. The van der Waals surface area contributed by atoms with Gasteiger partial charge in [0.1, 0.15) is 0 Å². The molecule has 116 valence electrons. The Morgan fingerprint density at radius 1 is 1.43 bits per heavy atom. The molecule has 3 atom stereocenters. The molecule has 2 aliphatic rings. The zero-order valence-electron chi connectivity index (χ0n) is 12.8. The summed E-state index contributed by atoms with van der Waals surface area (Å²) in [5.41, 5.74) is 0. The lowest BCUT2D eigenvalue weighted by Gasteiger charge is -2.34. The molecule has 3 rings (SSSR count). The number of nitrogens with zero attached hydrogens (tertiary/aromatic N) is 3. The van der Waals surface area contributed by atoms with E-state index >= 15 is 0 Å². The molecule has 0 aromatic carbocycles. The summed E-state index contributed by atoms with van der Waals surface area (Å²) in [5, 5.41) is 7.81. The predicted molar refractivity (Wildman–Crippen MR) is 80.2 cm³/mol. The molecule has 1 N–H and O–H groups in total. The first kappa shape index (κ1) is 14.5. The number of rotatable bonds is 4. The van der Waals surface area contributed by atoms with Crippen molar-refractivity contribution in [3.8, 4) is 0 Å². The van der Waals surface area contributed by atoms with Crippen LogP contribution in [0.15, 0.2) is 12.3 Å². The van der Waals surface area contributed by atoms with Crippen molar-refractivity contribution in [2.75, 3.05) is 18.1 Å². The van der Waals surface area contributed by atoms with Gasteiger partial charge in [0, 0.05) is 38.5 Å². The molecular formula is C15H24N4O2. The van der Waals surface area contributed by atoms with E-state index in [4.69, 9.17) is 4.74 Å². The molecule has 1 aromatic rings. The first-order valence-electron chi connectivity index (χ1n) is 7.84. The van der Waals surface area contributed by atoms with Gasteiger partial charge in [-0.15, -0.1) is 0 Å². The van der Waals surface area contributed by atoms with Gasteiger partial charge >= 0.3 is 0 Å². The summed E-state index contributed by atoms with van der Waals surface area (Å²) in [7, 11) is 1.87. The number of nitrogens with one attached hydrogen (secondary N) is 1. The zero-order chi connectivity index (χ0) is 14.8. The summed E-state index contributed by atoms with van der Waals surface area (Å²) in [4.78, 5) is 14.5. The number of carbonyl (C=O) groups excluding carboxylic acids is 1. The first-order valence-corrected chi connectivity index (χ1v) is 7.84. The average molecular weight is 292 g/mol. The minimum atomic E-state index is -0.125. The Labute approximate surface area is 125 Å². The second-order valence-electron chi connectivity index (χ2n) is 6.04. The first-order chi connectivity index (χ1) is 10.1. The monoisotopic (exact) mass is 292 g/mol. The van der Waals surface area contributed by atoms with E-state index in [1.807, 2.05) is 19.3 Å². The largest absolute Gasteiger partial charge is 0.377 e. The number of ether oxygens (including phenoxy) is 1. The third-order valence-electron chi connectivity index (χ3n) is 4.40. The maximum atomic E-state index is 12.7. The predicted octanol–water partition coefficient (Wildman–Crippen LogP) is 1.07. The van der Waals surface area contributed by atoms with Gasteiger partial charge in [0.2, 0.25) is 5.91 Å². The molecule has 2 aliphatic heterocycles. The summed E-state index contributed by atoms with van der Waals surface area (Å²) in [6.45, 7) is 3.71. The van der Waals surface area contributed by atoms with E-state index in [1.54, 1.807) is 9.58 Å². The van der Waals surface area contributed by atoms with Crippen LogP contribution in [0, 0.1) is 0 Å². The van der Waals surface area contributed by atoms with Crippen molar-refractivity contribution in [3.63, 3.8) is 0 Å². The molecule has 2 saturated heterocycles. The quantitative estimate of drug-likeness (QED) is 0.902. The second kappa shape index (κ2) is 6.15. The molecule has 3 unspecified atom stereocenters. The lowest BCUT2D eigenvalue weighted by Crippen LogP contribution is -2.55. The molecule has 1 aromatic heterocycles. The Morgan fingerprint density at radius 3 is 2.95 bits per heavy atom. The second-order valence-corrected chi connectivity index (χ2v) is 6.04. The highest BCUT2D eigenvalue weighted by Crippen LogP contribution is 2.21. The number of piperidine rings is 1. The summed E-state index contributed by atoms with van der Waals surface area (Å²) in [6, 6.07) is 1.98. The zero-order valence-corrected chi connectivity index (χ0v) is 12.8. The lowest BCUT2D eigenvalue weighted by molar-refractivity contribution is -0.122. The van der Waals surface area contributed by atoms with Crippen LogP contribution in [0.3, 0.4) is 0 Å². The van der Waals surface area contributed by atoms with Gasteiger partial charge in [-0.2, -0.15) is 5.10 Å². The van der Waals surface area contributed by atoms with E-state index in [2.05, 4.69) is 17.3 Å². The van der Waals surface area contributed by atoms with Crippen LogP contribution >= 0.6 is 0 Å².